The zero-order chi connectivity index (χ0) is 43.2. The van der Waals surface area contributed by atoms with Gasteiger partial charge >= 0.3 is 0 Å². The second-order valence-corrected chi connectivity index (χ2v) is 18.6. The highest BCUT2D eigenvalue weighted by molar-refractivity contribution is 6.08. The van der Waals surface area contributed by atoms with E-state index in [0.717, 1.165) is 17.1 Å². The van der Waals surface area contributed by atoms with Crippen molar-refractivity contribution in [2.24, 2.45) is 0 Å². The van der Waals surface area contributed by atoms with Gasteiger partial charge in [0.05, 0.1) is 17.1 Å². The highest BCUT2D eigenvalue weighted by Gasteiger charge is 2.39. The third-order valence-electron chi connectivity index (χ3n) is 14.2. The van der Waals surface area contributed by atoms with Gasteiger partial charge in [-0.3, -0.25) is 0 Å². The third kappa shape index (κ3) is 5.86. The molecular formula is C62H48N2. The Kier molecular flexibility index (Phi) is 8.58. The number of rotatable bonds is 6. The minimum absolute atomic E-state index is 0.0977. The van der Waals surface area contributed by atoms with Crippen molar-refractivity contribution in [1.82, 2.24) is 0 Å². The van der Waals surface area contributed by atoms with Gasteiger partial charge in [-0.15, -0.1) is 0 Å². The topological polar surface area (TPSA) is 6.48 Å². The summed E-state index contributed by atoms with van der Waals surface area (Å²) >= 11 is 0. The molecule has 12 rings (SSSR count). The van der Waals surface area contributed by atoms with Gasteiger partial charge in [0.25, 0.3) is 0 Å². The van der Waals surface area contributed by atoms with Crippen molar-refractivity contribution in [2.75, 3.05) is 9.80 Å². The molecule has 0 aromatic heterocycles. The molecule has 1 aliphatic carbocycles. The number of fused-ring (bicyclic) bond motifs is 7. The molecule has 0 N–H and O–H groups in total. The molecule has 1 aliphatic heterocycles. The first-order valence-corrected chi connectivity index (χ1v) is 22.5. The summed E-state index contributed by atoms with van der Waals surface area (Å²) in [6.07, 6.45) is 0. The highest BCUT2D eigenvalue weighted by Crippen LogP contribution is 2.56. The van der Waals surface area contributed by atoms with Crippen LogP contribution in [0, 0.1) is 0 Å². The minimum Gasteiger partial charge on any atom is -0.310 e. The maximum atomic E-state index is 2.55. The number of benzene rings is 10. The van der Waals surface area contributed by atoms with E-state index >= 15 is 0 Å². The standard InChI is InChI=1S/C62H48N2/c1-61(2)54-23-13-12-22-52(54)53-36-34-49(40-56(53)61)63(47-19-6-5-7-20-47)48-32-28-43(29-33-48)51-35-30-42-17-10-11-21-50(42)60(51)64-58-25-15-14-24-55(58)62(3,4)57-39-46(31-37-59(57)64)45-27-26-41-16-8-9-18-44(41)38-45/h5-40H,1-4H3. The van der Waals surface area contributed by atoms with Gasteiger partial charge in [-0.2, -0.15) is 0 Å². The van der Waals surface area contributed by atoms with Crippen molar-refractivity contribution in [2.45, 2.75) is 38.5 Å². The second-order valence-electron chi connectivity index (χ2n) is 18.6. The second kappa shape index (κ2) is 14.4. The normalized spacial score (nSPS) is 14.2. The maximum absolute atomic E-state index is 2.55. The summed E-state index contributed by atoms with van der Waals surface area (Å²) in [7, 11) is 0. The summed E-state index contributed by atoms with van der Waals surface area (Å²) in [6, 6.07) is 81.0. The number of nitrogens with zero attached hydrogens (tertiary/aromatic N) is 2. The number of hydrogen-bond acceptors (Lipinski definition) is 2. The van der Waals surface area contributed by atoms with Crippen LogP contribution in [-0.2, 0) is 10.8 Å². The van der Waals surface area contributed by atoms with E-state index in [-0.39, 0.29) is 10.8 Å². The first-order valence-electron chi connectivity index (χ1n) is 22.5. The van der Waals surface area contributed by atoms with E-state index in [9.17, 15) is 0 Å². The molecule has 306 valence electrons. The minimum atomic E-state index is -0.238. The van der Waals surface area contributed by atoms with E-state index < -0.39 is 0 Å². The average Bonchev–Trinajstić information content (AvgIpc) is 3.57. The zero-order valence-electron chi connectivity index (χ0n) is 36.7. The Balaban J connectivity index is 1.01. The lowest BCUT2D eigenvalue weighted by atomic mass is 9.72. The van der Waals surface area contributed by atoms with Gasteiger partial charge in [-0.05, 0) is 127 Å². The van der Waals surface area contributed by atoms with Gasteiger partial charge in [-0.25, -0.2) is 0 Å². The molecular weight excluding hydrogens is 773 g/mol. The van der Waals surface area contributed by atoms with Crippen LogP contribution in [0.1, 0.15) is 49.9 Å². The van der Waals surface area contributed by atoms with E-state index in [0.29, 0.717) is 0 Å². The van der Waals surface area contributed by atoms with Crippen molar-refractivity contribution in [3.63, 3.8) is 0 Å². The Morgan fingerprint density at radius 2 is 0.875 bits per heavy atom. The summed E-state index contributed by atoms with van der Waals surface area (Å²) < 4.78 is 0. The predicted octanol–water partition coefficient (Wildman–Crippen LogP) is 17.2. The van der Waals surface area contributed by atoms with E-state index in [1.54, 1.807) is 0 Å². The Morgan fingerprint density at radius 1 is 0.328 bits per heavy atom. The summed E-state index contributed by atoms with van der Waals surface area (Å²) in [5, 5.41) is 4.94. The third-order valence-corrected chi connectivity index (χ3v) is 14.2. The lowest BCUT2D eigenvalue weighted by Crippen LogP contribution is -2.31. The largest absolute Gasteiger partial charge is 0.310 e. The molecule has 2 heteroatoms. The number of hydrogen-bond donors (Lipinski definition) is 0. The SMILES string of the molecule is CC1(C)c2ccccc2-c2ccc(N(c3ccccc3)c3ccc(-c4ccc5ccccc5c4N4c5ccccc5C(C)(C)c5cc(-c6ccc7ccccc7c6)ccc54)cc3)cc21. The molecule has 0 amide bonds. The maximum Gasteiger partial charge on any atom is 0.0618 e. The fraction of sp³-hybridized carbons (Fsp3) is 0.0968. The van der Waals surface area contributed by atoms with Crippen molar-refractivity contribution in [1.29, 1.82) is 0 Å². The number of anilines is 6. The van der Waals surface area contributed by atoms with Crippen molar-refractivity contribution in [3.05, 3.63) is 241 Å². The molecule has 10 aromatic carbocycles. The fourth-order valence-electron chi connectivity index (χ4n) is 10.9. The van der Waals surface area contributed by atoms with Crippen LogP contribution in [0.5, 0.6) is 0 Å². The lowest BCUT2D eigenvalue weighted by Gasteiger charge is -2.43. The molecule has 0 bridgehead atoms. The van der Waals surface area contributed by atoms with Crippen LogP contribution in [-0.4, -0.2) is 0 Å². The molecule has 1 heterocycles. The smallest absolute Gasteiger partial charge is 0.0618 e. The molecule has 0 spiro atoms. The first kappa shape index (κ1) is 38.0. The Labute approximate surface area is 376 Å². The summed E-state index contributed by atoms with van der Waals surface area (Å²) in [4.78, 5) is 4.95. The van der Waals surface area contributed by atoms with Crippen LogP contribution >= 0.6 is 0 Å². The van der Waals surface area contributed by atoms with Crippen molar-refractivity contribution < 1.29 is 0 Å². The summed E-state index contributed by atoms with van der Waals surface area (Å²) in [6.45, 7) is 9.48. The Bertz CT molecular complexity index is 3450. The molecule has 10 aromatic rings. The fourth-order valence-corrected chi connectivity index (χ4v) is 10.9. The molecule has 0 fully saturated rings. The van der Waals surface area contributed by atoms with E-state index in [4.69, 9.17) is 0 Å². The Morgan fingerprint density at radius 3 is 1.70 bits per heavy atom. The molecule has 2 aliphatic rings. The molecule has 0 atom stereocenters. The van der Waals surface area contributed by atoms with Gasteiger partial charge in [-0.1, -0.05) is 185 Å². The van der Waals surface area contributed by atoms with Crippen LogP contribution in [0.2, 0.25) is 0 Å². The predicted molar refractivity (Wildman–Crippen MR) is 271 cm³/mol. The van der Waals surface area contributed by atoms with Crippen LogP contribution in [0.3, 0.4) is 0 Å². The van der Waals surface area contributed by atoms with Crippen LogP contribution < -0.4 is 9.80 Å². The summed E-state index contributed by atoms with van der Waals surface area (Å²) in [5.74, 6) is 0. The molecule has 0 saturated heterocycles. The molecule has 64 heavy (non-hydrogen) atoms. The van der Waals surface area contributed by atoms with Gasteiger partial charge in [0.2, 0.25) is 0 Å². The van der Waals surface area contributed by atoms with Crippen molar-refractivity contribution >= 4 is 55.7 Å². The monoisotopic (exact) mass is 820 g/mol. The van der Waals surface area contributed by atoms with Gasteiger partial charge in [0.1, 0.15) is 0 Å². The van der Waals surface area contributed by atoms with E-state index in [1.165, 1.54) is 94.2 Å². The van der Waals surface area contributed by atoms with Gasteiger partial charge in [0.15, 0.2) is 0 Å². The van der Waals surface area contributed by atoms with E-state index in [2.05, 4.69) is 256 Å². The lowest BCUT2D eigenvalue weighted by molar-refractivity contribution is 0.632. The van der Waals surface area contributed by atoms with Crippen LogP contribution in [0.15, 0.2) is 218 Å². The quantitative estimate of drug-likeness (QED) is 0.165. The highest BCUT2D eigenvalue weighted by atomic mass is 15.2. The number of para-hydroxylation sites is 2. The molecule has 0 unspecified atom stereocenters. The molecule has 0 saturated carbocycles. The van der Waals surface area contributed by atoms with Crippen LogP contribution in [0.25, 0.3) is 54.9 Å². The molecule has 0 radical (unpaired) electrons. The van der Waals surface area contributed by atoms with Crippen molar-refractivity contribution in [3.8, 4) is 33.4 Å². The first-order chi connectivity index (χ1) is 31.3. The summed E-state index contributed by atoms with van der Waals surface area (Å²) in [5.41, 5.74) is 19.5. The molecule has 2 nitrogen and oxygen atoms in total. The van der Waals surface area contributed by atoms with E-state index in [1.807, 2.05) is 0 Å². The Hall–Kier alpha value is -7.68. The van der Waals surface area contributed by atoms with Gasteiger partial charge in [0, 0.05) is 38.8 Å². The van der Waals surface area contributed by atoms with Gasteiger partial charge < -0.3 is 9.80 Å². The van der Waals surface area contributed by atoms with Crippen LogP contribution in [0.4, 0.5) is 34.1 Å². The average molecular weight is 821 g/mol. The zero-order valence-corrected chi connectivity index (χ0v) is 36.7.